The zero-order valence-electron chi connectivity index (χ0n) is 13.9. The van der Waals surface area contributed by atoms with Crippen LogP contribution >= 0.6 is 0 Å². The van der Waals surface area contributed by atoms with Crippen molar-refractivity contribution in [2.75, 3.05) is 6.54 Å². The highest BCUT2D eigenvalue weighted by Gasteiger charge is 2.49. The predicted molar refractivity (Wildman–Crippen MR) is 91.2 cm³/mol. The number of nitrogens with zero attached hydrogens (tertiary/aromatic N) is 5. The van der Waals surface area contributed by atoms with Gasteiger partial charge in [0.25, 0.3) is 0 Å². The first kappa shape index (κ1) is 14.8. The van der Waals surface area contributed by atoms with Crippen LogP contribution in [0.15, 0.2) is 41.6 Å². The molecular formula is C18H20N6O. The van der Waals surface area contributed by atoms with Gasteiger partial charge in [0.05, 0.1) is 11.0 Å². The standard InChI is InChI=1S/C18H20N6O/c1-2-6-18(7-9-20-14(18)5-1)17-22-15(23-25-17)13-4-3-8-21-16(13)24-11-10-19-12-24/h3-4,8,10-12,14,20H,1-2,5-7,9H2/t14-,18+/m0/s1. The molecule has 1 aliphatic heterocycles. The zero-order valence-corrected chi connectivity index (χ0v) is 13.9. The molecular weight excluding hydrogens is 316 g/mol. The Balaban J connectivity index is 1.56. The van der Waals surface area contributed by atoms with Crippen LogP contribution in [0.2, 0.25) is 0 Å². The minimum Gasteiger partial charge on any atom is -0.338 e. The minimum absolute atomic E-state index is 0.000871. The third-order valence-corrected chi connectivity index (χ3v) is 5.62. The highest BCUT2D eigenvalue weighted by molar-refractivity contribution is 5.64. The zero-order chi connectivity index (χ0) is 16.7. The van der Waals surface area contributed by atoms with Crippen LogP contribution in [0.3, 0.4) is 0 Å². The summed E-state index contributed by atoms with van der Waals surface area (Å²) in [5.41, 5.74) is 0.853. The van der Waals surface area contributed by atoms with E-state index in [1.165, 1.54) is 19.3 Å². The van der Waals surface area contributed by atoms with Crippen LogP contribution < -0.4 is 5.32 Å². The molecule has 2 fully saturated rings. The average Bonchev–Trinajstić information content (AvgIpc) is 3.41. The third kappa shape index (κ3) is 2.30. The second-order valence-corrected chi connectivity index (χ2v) is 6.93. The lowest BCUT2D eigenvalue weighted by Gasteiger charge is -2.35. The lowest BCUT2D eigenvalue weighted by molar-refractivity contribution is 0.199. The van der Waals surface area contributed by atoms with E-state index < -0.39 is 0 Å². The molecule has 7 nitrogen and oxygen atoms in total. The summed E-state index contributed by atoms with van der Waals surface area (Å²) in [4.78, 5) is 13.4. The molecule has 7 heteroatoms. The summed E-state index contributed by atoms with van der Waals surface area (Å²) in [6.45, 7) is 1.02. The van der Waals surface area contributed by atoms with Crippen LogP contribution in [0.4, 0.5) is 0 Å². The van der Waals surface area contributed by atoms with Crippen LogP contribution in [-0.2, 0) is 5.41 Å². The molecule has 4 heterocycles. The Morgan fingerprint density at radius 3 is 3.16 bits per heavy atom. The molecule has 1 aliphatic carbocycles. The van der Waals surface area contributed by atoms with E-state index in [1.807, 2.05) is 22.9 Å². The molecule has 1 saturated heterocycles. The van der Waals surface area contributed by atoms with Crippen molar-refractivity contribution >= 4 is 0 Å². The number of hydrogen-bond donors (Lipinski definition) is 1. The summed E-state index contributed by atoms with van der Waals surface area (Å²) in [7, 11) is 0. The van der Waals surface area contributed by atoms with Gasteiger partial charge in [0.2, 0.25) is 11.7 Å². The maximum Gasteiger partial charge on any atom is 0.234 e. The molecule has 2 aliphatic rings. The van der Waals surface area contributed by atoms with Gasteiger partial charge in [-0.1, -0.05) is 18.0 Å². The molecule has 25 heavy (non-hydrogen) atoms. The first-order valence-electron chi connectivity index (χ1n) is 8.88. The average molecular weight is 336 g/mol. The first-order valence-corrected chi connectivity index (χ1v) is 8.88. The van der Waals surface area contributed by atoms with Gasteiger partial charge in [0.15, 0.2) is 0 Å². The predicted octanol–water partition coefficient (Wildman–Crippen LogP) is 2.49. The third-order valence-electron chi connectivity index (χ3n) is 5.62. The van der Waals surface area contributed by atoms with Crippen LogP contribution in [0, 0.1) is 0 Å². The van der Waals surface area contributed by atoms with E-state index >= 15 is 0 Å². The summed E-state index contributed by atoms with van der Waals surface area (Å²) in [5.74, 6) is 2.13. The lowest BCUT2D eigenvalue weighted by Crippen LogP contribution is -2.43. The van der Waals surface area contributed by atoms with Gasteiger partial charge in [0, 0.05) is 24.6 Å². The van der Waals surface area contributed by atoms with Gasteiger partial charge in [-0.05, 0) is 37.9 Å². The number of pyridine rings is 1. The molecule has 0 aromatic carbocycles. The molecule has 0 radical (unpaired) electrons. The van der Waals surface area contributed by atoms with Crippen molar-refractivity contribution in [2.24, 2.45) is 0 Å². The monoisotopic (exact) mass is 336 g/mol. The fraction of sp³-hybridized carbons (Fsp3) is 0.444. The quantitative estimate of drug-likeness (QED) is 0.791. The minimum atomic E-state index is 0.000871. The Labute approximate surface area is 145 Å². The summed E-state index contributed by atoms with van der Waals surface area (Å²) >= 11 is 0. The molecule has 0 spiro atoms. The SMILES string of the molecule is c1cnc(-n2ccnc2)c(-c2noc([C@@]34CCCC[C@@H]3NCC4)n2)c1. The van der Waals surface area contributed by atoms with Crippen molar-refractivity contribution in [2.45, 2.75) is 43.6 Å². The highest BCUT2D eigenvalue weighted by atomic mass is 16.5. The Morgan fingerprint density at radius 2 is 2.24 bits per heavy atom. The second-order valence-electron chi connectivity index (χ2n) is 6.93. The van der Waals surface area contributed by atoms with Crippen LogP contribution in [0.1, 0.15) is 38.0 Å². The van der Waals surface area contributed by atoms with Crippen molar-refractivity contribution in [3.05, 3.63) is 42.9 Å². The van der Waals surface area contributed by atoms with Crippen LogP contribution in [0.25, 0.3) is 17.2 Å². The topological polar surface area (TPSA) is 81.7 Å². The molecule has 3 aromatic heterocycles. The number of hydrogen-bond acceptors (Lipinski definition) is 6. The normalized spacial score (nSPS) is 25.8. The summed E-state index contributed by atoms with van der Waals surface area (Å²) in [6.07, 6.45) is 13.0. The van der Waals surface area contributed by atoms with Gasteiger partial charge in [-0.15, -0.1) is 0 Å². The van der Waals surface area contributed by atoms with Gasteiger partial charge in [-0.2, -0.15) is 4.98 Å². The Bertz CT molecular complexity index is 873. The van der Waals surface area contributed by atoms with E-state index in [1.54, 1.807) is 18.7 Å². The van der Waals surface area contributed by atoms with E-state index in [0.717, 1.165) is 36.7 Å². The Kier molecular flexibility index (Phi) is 3.41. The van der Waals surface area contributed by atoms with Crippen molar-refractivity contribution in [3.8, 4) is 17.2 Å². The smallest absolute Gasteiger partial charge is 0.234 e. The lowest BCUT2D eigenvalue weighted by atomic mass is 9.70. The van der Waals surface area contributed by atoms with E-state index in [0.29, 0.717) is 11.9 Å². The maximum absolute atomic E-state index is 5.78. The second kappa shape index (κ2) is 5.77. The molecule has 0 bridgehead atoms. The van der Waals surface area contributed by atoms with Crippen molar-refractivity contribution in [1.29, 1.82) is 0 Å². The molecule has 5 rings (SSSR count). The summed E-state index contributed by atoms with van der Waals surface area (Å²) in [5, 5.41) is 7.93. The summed E-state index contributed by atoms with van der Waals surface area (Å²) in [6, 6.07) is 4.32. The van der Waals surface area contributed by atoms with Gasteiger partial charge in [-0.3, -0.25) is 4.57 Å². The van der Waals surface area contributed by atoms with E-state index in [2.05, 4.69) is 20.4 Å². The Hall–Kier alpha value is -2.54. The Morgan fingerprint density at radius 1 is 1.24 bits per heavy atom. The number of rotatable bonds is 3. The molecule has 128 valence electrons. The largest absolute Gasteiger partial charge is 0.338 e. The fourth-order valence-corrected chi connectivity index (χ4v) is 4.37. The fourth-order valence-electron chi connectivity index (χ4n) is 4.37. The molecule has 1 saturated carbocycles. The maximum atomic E-state index is 5.78. The molecule has 0 unspecified atom stereocenters. The molecule has 1 N–H and O–H groups in total. The molecule has 3 aromatic rings. The molecule has 0 amide bonds. The number of fused-ring (bicyclic) bond motifs is 1. The van der Waals surface area contributed by atoms with Crippen molar-refractivity contribution < 1.29 is 4.52 Å². The van der Waals surface area contributed by atoms with Crippen LogP contribution in [0.5, 0.6) is 0 Å². The molecule has 2 atom stereocenters. The first-order chi connectivity index (χ1) is 12.4. The van der Waals surface area contributed by atoms with Crippen molar-refractivity contribution in [1.82, 2.24) is 30.0 Å². The van der Waals surface area contributed by atoms with Gasteiger partial charge in [-0.25, -0.2) is 9.97 Å². The number of aromatic nitrogens is 5. The van der Waals surface area contributed by atoms with E-state index in [9.17, 15) is 0 Å². The van der Waals surface area contributed by atoms with Crippen molar-refractivity contribution in [3.63, 3.8) is 0 Å². The summed E-state index contributed by atoms with van der Waals surface area (Å²) < 4.78 is 7.65. The number of imidazole rings is 1. The van der Waals surface area contributed by atoms with E-state index in [-0.39, 0.29) is 5.41 Å². The number of nitrogens with one attached hydrogen (secondary N) is 1. The van der Waals surface area contributed by atoms with Gasteiger partial charge in [0.1, 0.15) is 12.1 Å². The van der Waals surface area contributed by atoms with E-state index in [4.69, 9.17) is 9.51 Å². The van der Waals surface area contributed by atoms with Gasteiger partial charge >= 0.3 is 0 Å². The van der Waals surface area contributed by atoms with Crippen LogP contribution in [-0.4, -0.2) is 37.3 Å². The van der Waals surface area contributed by atoms with Gasteiger partial charge < -0.3 is 9.84 Å². The highest BCUT2D eigenvalue weighted by Crippen LogP contribution is 2.44.